The van der Waals surface area contributed by atoms with Crippen LogP contribution in [0.15, 0.2) is 24.3 Å². The van der Waals surface area contributed by atoms with Gasteiger partial charge in [-0.1, -0.05) is 110 Å². The second-order valence-corrected chi connectivity index (χ2v) is 11.0. The Labute approximate surface area is 239 Å². The maximum absolute atomic E-state index is 12.1. The molecular formula is C33H58O6. The third kappa shape index (κ3) is 27.4. The number of allylic oxidation sites excluding steroid dienone is 4. The maximum atomic E-state index is 12.1. The van der Waals surface area contributed by atoms with Crippen LogP contribution in [0.1, 0.15) is 143 Å². The van der Waals surface area contributed by atoms with Crippen LogP contribution in [0.2, 0.25) is 0 Å². The fourth-order valence-electron chi connectivity index (χ4n) is 4.19. The van der Waals surface area contributed by atoms with Gasteiger partial charge < -0.3 is 14.6 Å². The van der Waals surface area contributed by atoms with Gasteiger partial charge in [0.15, 0.2) is 11.9 Å². The zero-order valence-electron chi connectivity index (χ0n) is 25.3. The molecule has 39 heavy (non-hydrogen) atoms. The summed E-state index contributed by atoms with van der Waals surface area (Å²) < 4.78 is 10.5. The molecule has 0 aromatic rings. The summed E-state index contributed by atoms with van der Waals surface area (Å²) in [7, 11) is 0. The minimum atomic E-state index is -0.812. The Kier molecular flexibility index (Phi) is 26.2. The number of aliphatic hydroxyl groups is 1. The molecule has 1 N–H and O–H groups in total. The summed E-state index contributed by atoms with van der Waals surface area (Å²) >= 11 is 0. The lowest BCUT2D eigenvalue weighted by molar-refractivity contribution is -0.161. The van der Waals surface area contributed by atoms with E-state index in [1.165, 1.54) is 44.9 Å². The van der Waals surface area contributed by atoms with Gasteiger partial charge in [0.1, 0.15) is 6.61 Å². The number of hydrogen-bond donors (Lipinski definition) is 1. The molecule has 0 amide bonds. The van der Waals surface area contributed by atoms with Crippen molar-refractivity contribution in [1.82, 2.24) is 0 Å². The molecule has 0 heterocycles. The normalized spacial score (nSPS) is 12.4. The number of esters is 2. The van der Waals surface area contributed by atoms with Crippen molar-refractivity contribution in [1.29, 1.82) is 0 Å². The van der Waals surface area contributed by atoms with E-state index in [-0.39, 0.29) is 37.4 Å². The predicted molar refractivity (Wildman–Crippen MR) is 159 cm³/mol. The highest BCUT2D eigenvalue weighted by Gasteiger charge is 2.16. The van der Waals surface area contributed by atoms with E-state index in [1.807, 2.05) is 12.2 Å². The molecule has 0 spiro atoms. The summed E-state index contributed by atoms with van der Waals surface area (Å²) in [5.41, 5.74) is 0. The molecule has 6 heteroatoms. The fourth-order valence-corrected chi connectivity index (χ4v) is 4.19. The zero-order valence-corrected chi connectivity index (χ0v) is 25.3. The molecule has 0 aliphatic rings. The standard InChI is InChI=1S/C33H58O6/c1-4-5-6-7-8-13-18-23-30(35)24-19-14-11-16-21-26-33(37)39-31(27-34)28-38-32(36)25-20-15-10-9-12-17-22-29(2)3/h8,13,18,23,29,31,34H,4-7,9-12,14-17,19-22,24-28H2,1-3H3/b13-8-,23-18+/t31-/m0/s1. The predicted octanol–water partition coefficient (Wildman–Crippen LogP) is 8.20. The summed E-state index contributed by atoms with van der Waals surface area (Å²) in [6.07, 6.45) is 24.9. The van der Waals surface area contributed by atoms with Crippen molar-refractivity contribution in [3.63, 3.8) is 0 Å². The van der Waals surface area contributed by atoms with Gasteiger partial charge in [-0.15, -0.1) is 0 Å². The number of rotatable bonds is 27. The van der Waals surface area contributed by atoms with Crippen LogP contribution in [-0.4, -0.2) is 42.1 Å². The van der Waals surface area contributed by atoms with E-state index in [9.17, 15) is 19.5 Å². The molecule has 0 unspecified atom stereocenters. The Morgan fingerprint density at radius 1 is 0.718 bits per heavy atom. The number of ether oxygens (including phenoxy) is 2. The first kappa shape index (κ1) is 37.0. The van der Waals surface area contributed by atoms with Crippen molar-refractivity contribution in [2.75, 3.05) is 13.2 Å². The highest BCUT2D eigenvalue weighted by Crippen LogP contribution is 2.13. The molecule has 0 aromatic carbocycles. The monoisotopic (exact) mass is 550 g/mol. The smallest absolute Gasteiger partial charge is 0.306 e. The lowest BCUT2D eigenvalue weighted by atomic mass is 10.0. The van der Waals surface area contributed by atoms with E-state index in [4.69, 9.17) is 9.47 Å². The number of carbonyl (C=O) groups excluding carboxylic acids is 3. The van der Waals surface area contributed by atoms with Crippen molar-refractivity contribution < 1.29 is 29.0 Å². The van der Waals surface area contributed by atoms with Crippen LogP contribution in [0.3, 0.4) is 0 Å². The molecule has 226 valence electrons. The molecule has 0 radical (unpaired) electrons. The second-order valence-electron chi connectivity index (χ2n) is 11.0. The minimum Gasteiger partial charge on any atom is -0.462 e. The van der Waals surface area contributed by atoms with Crippen molar-refractivity contribution in [2.24, 2.45) is 5.92 Å². The van der Waals surface area contributed by atoms with Gasteiger partial charge in [-0.25, -0.2) is 0 Å². The number of hydrogen-bond acceptors (Lipinski definition) is 6. The Hall–Kier alpha value is -1.95. The lowest BCUT2D eigenvalue weighted by Gasteiger charge is -2.15. The maximum Gasteiger partial charge on any atom is 0.306 e. The number of unbranched alkanes of at least 4 members (excludes halogenated alkanes) is 12. The van der Waals surface area contributed by atoms with Crippen molar-refractivity contribution >= 4 is 17.7 Å². The van der Waals surface area contributed by atoms with E-state index in [1.54, 1.807) is 6.08 Å². The van der Waals surface area contributed by atoms with Gasteiger partial charge in [-0.3, -0.25) is 14.4 Å². The van der Waals surface area contributed by atoms with Gasteiger partial charge in [0, 0.05) is 19.3 Å². The third-order valence-corrected chi connectivity index (χ3v) is 6.65. The van der Waals surface area contributed by atoms with Gasteiger partial charge >= 0.3 is 11.9 Å². The molecule has 0 saturated heterocycles. The van der Waals surface area contributed by atoms with Gasteiger partial charge in [0.2, 0.25) is 0 Å². The Balaban J connectivity index is 3.73. The number of ketones is 1. The van der Waals surface area contributed by atoms with E-state index in [2.05, 4.69) is 26.8 Å². The topological polar surface area (TPSA) is 89.9 Å². The Morgan fingerprint density at radius 3 is 1.92 bits per heavy atom. The summed E-state index contributed by atoms with van der Waals surface area (Å²) in [5.74, 6) is 0.226. The van der Waals surface area contributed by atoms with E-state index >= 15 is 0 Å². The molecule has 0 aliphatic carbocycles. The summed E-state index contributed by atoms with van der Waals surface area (Å²) in [6.45, 7) is 6.21. The molecule has 6 nitrogen and oxygen atoms in total. The van der Waals surface area contributed by atoms with Crippen LogP contribution in [0.5, 0.6) is 0 Å². The van der Waals surface area contributed by atoms with Crippen molar-refractivity contribution in [3.8, 4) is 0 Å². The molecule has 0 saturated carbocycles. The second kappa shape index (κ2) is 27.6. The molecular weight excluding hydrogens is 492 g/mol. The Bertz CT molecular complexity index is 667. The molecule has 1 atom stereocenters. The number of aliphatic hydroxyl groups excluding tert-OH is 1. The summed E-state index contributed by atoms with van der Waals surface area (Å²) in [5, 5.41) is 9.46. The minimum absolute atomic E-state index is 0.104. The first-order valence-corrected chi connectivity index (χ1v) is 15.7. The van der Waals surface area contributed by atoms with Crippen molar-refractivity contribution in [3.05, 3.63) is 24.3 Å². The average Bonchev–Trinajstić information content (AvgIpc) is 2.91. The summed E-state index contributed by atoms with van der Waals surface area (Å²) in [4.78, 5) is 35.9. The van der Waals surface area contributed by atoms with Crippen LogP contribution >= 0.6 is 0 Å². The van der Waals surface area contributed by atoms with Crippen LogP contribution in [0.25, 0.3) is 0 Å². The number of carbonyl (C=O) groups is 3. The van der Waals surface area contributed by atoms with Crippen LogP contribution < -0.4 is 0 Å². The van der Waals surface area contributed by atoms with E-state index < -0.39 is 6.10 Å². The summed E-state index contributed by atoms with van der Waals surface area (Å²) in [6, 6.07) is 0. The van der Waals surface area contributed by atoms with Crippen molar-refractivity contribution in [2.45, 2.75) is 149 Å². The lowest BCUT2D eigenvalue weighted by Crippen LogP contribution is -2.28. The first-order chi connectivity index (χ1) is 18.9. The quantitative estimate of drug-likeness (QED) is 0.0480. The van der Waals surface area contributed by atoms with Crippen LogP contribution in [0, 0.1) is 5.92 Å². The zero-order chi connectivity index (χ0) is 29.0. The molecule has 0 aromatic heterocycles. The van der Waals surface area contributed by atoms with Gasteiger partial charge in [-0.2, -0.15) is 0 Å². The molecule has 0 bridgehead atoms. The highest BCUT2D eigenvalue weighted by molar-refractivity contribution is 5.89. The van der Waals surface area contributed by atoms with Crippen LogP contribution in [0.4, 0.5) is 0 Å². The third-order valence-electron chi connectivity index (χ3n) is 6.65. The SMILES string of the molecule is CCCCC/C=C\C=C\C(=O)CCCCCCCC(=O)O[C@@H](CO)COC(=O)CCCCCCCCC(C)C. The fraction of sp³-hybridized carbons (Fsp3) is 0.788. The molecule has 0 rings (SSSR count). The van der Waals surface area contributed by atoms with Gasteiger partial charge in [-0.05, 0) is 44.1 Å². The highest BCUT2D eigenvalue weighted by atomic mass is 16.6. The van der Waals surface area contributed by atoms with Gasteiger partial charge in [0.05, 0.1) is 6.61 Å². The van der Waals surface area contributed by atoms with Gasteiger partial charge in [0.25, 0.3) is 0 Å². The Morgan fingerprint density at radius 2 is 1.31 bits per heavy atom. The van der Waals surface area contributed by atoms with E-state index in [0.717, 1.165) is 57.3 Å². The molecule has 0 fully saturated rings. The molecule has 0 aliphatic heterocycles. The average molecular weight is 551 g/mol. The van der Waals surface area contributed by atoms with Crippen LogP contribution in [-0.2, 0) is 23.9 Å². The first-order valence-electron chi connectivity index (χ1n) is 15.7. The van der Waals surface area contributed by atoms with E-state index in [0.29, 0.717) is 19.3 Å². The largest absolute Gasteiger partial charge is 0.462 e.